The van der Waals surface area contributed by atoms with Crippen LogP contribution >= 0.6 is 0 Å². The number of unbranched alkanes of at least 4 members (excludes halogenated alkanes) is 5. The maximum atomic E-state index is 11.6. The molecule has 0 bridgehead atoms. The molecule has 0 aliphatic carbocycles. The molecule has 0 amide bonds. The van der Waals surface area contributed by atoms with Gasteiger partial charge in [-0.1, -0.05) is 63.3 Å². The van der Waals surface area contributed by atoms with Crippen molar-refractivity contribution in [2.45, 2.75) is 65.4 Å². The molecule has 5 heteroatoms. The Hall–Kier alpha value is -2.53. The van der Waals surface area contributed by atoms with Gasteiger partial charge in [0.2, 0.25) is 0 Å². The van der Waals surface area contributed by atoms with Gasteiger partial charge in [-0.05, 0) is 55.7 Å². The molecule has 0 aromatic heterocycles. The van der Waals surface area contributed by atoms with Gasteiger partial charge in [0.05, 0.1) is 6.61 Å². The van der Waals surface area contributed by atoms with Crippen molar-refractivity contribution >= 4 is 5.97 Å². The zero-order valence-corrected chi connectivity index (χ0v) is 19.8. The van der Waals surface area contributed by atoms with E-state index in [1.165, 1.54) is 32.1 Å². The molecule has 5 nitrogen and oxygen atoms in total. The van der Waals surface area contributed by atoms with Crippen molar-refractivity contribution in [1.82, 2.24) is 0 Å². The summed E-state index contributed by atoms with van der Waals surface area (Å²) in [4.78, 5) is 11.6. The third-order valence-corrected chi connectivity index (χ3v) is 5.05. The van der Waals surface area contributed by atoms with Gasteiger partial charge in [0, 0.05) is 6.61 Å². The zero-order chi connectivity index (χ0) is 23.0. The summed E-state index contributed by atoms with van der Waals surface area (Å²) in [5.41, 5.74) is 2.23. The SMILES string of the molecule is CCCCCCCCOc1ccc(-c2ccc(OCC(C)OC(=O)COCC)cc2)cc1. The molecule has 32 heavy (non-hydrogen) atoms. The first-order valence-electron chi connectivity index (χ1n) is 11.9. The van der Waals surface area contributed by atoms with Crippen molar-refractivity contribution in [3.05, 3.63) is 48.5 Å². The number of ether oxygens (including phenoxy) is 4. The highest BCUT2D eigenvalue weighted by Gasteiger charge is 2.10. The molecule has 0 saturated carbocycles. The molecule has 0 saturated heterocycles. The molecular formula is C27H38O5. The van der Waals surface area contributed by atoms with E-state index in [0.29, 0.717) is 13.2 Å². The van der Waals surface area contributed by atoms with Gasteiger partial charge >= 0.3 is 5.97 Å². The largest absolute Gasteiger partial charge is 0.494 e. The van der Waals surface area contributed by atoms with E-state index in [1.807, 2.05) is 43.3 Å². The first-order chi connectivity index (χ1) is 15.6. The number of rotatable bonds is 16. The molecule has 1 atom stereocenters. The van der Waals surface area contributed by atoms with E-state index < -0.39 is 0 Å². The lowest BCUT2D eigenvalue weighted by atomic mass is 10.1. The summed E-state index contributed by atoms with van der Waals surface area (Å²) >= 11 is 0. The van der Waals surface area contributed by atoms with Crippen LogP contribution in [0.2, 0.25) is 0 Å². The third kappa shape index (κ3) is 10.2. The quantitative estimate of drug-likeness (QED) is 0.221. The van der Waals surface area contributed by atoms with E-state index >= 15 is 0 Å². The summed E-state index contributed by atoms with van der Waals surface area (Å²) in [6.07, 6.45) is 7.25. The number of hydrogen-bond donors (Lipinski definition) is 0. The molecule has 0 fully saturated rings. The Morgan fingerprint density at radius 1 is 0.781 bits per heavy atom. The molecule has 0 spiro atoms. The van der Waals surface area contributed by atoms with Crippen LogP contribution in [-0.2, 0) is 14.3 Å². The molecule has 2 aromatic rings. The van der Waals surface area contributed by atoms with Crippen LogP contribution in [0.1, 0.15) is 59.3 Å². The standard InChI is InChI=1S/C27H38O5/c1-4-6-7-8-9-10-19-30-25-15-11-23(12-16-25)24-13-17-26(18-14-24)31-20-22(3)32-27(28)21-29-5-2/h11-18,22H,4-10,19-21H2,1-3H3. The summed E-state index contributed by atoms with van der Waals surface area (Å²) in [5, 5.41) is 0. The second-order valence-electron chi connectivity index (χ2n) is 7.91. The minimum absolute atomic E-state index is 0.0294. The van der Waals surface area contributed by atoms with Crippen molar-refractivity contribution in [3.63, 3.8) is 0 Å². The molecule has 1 unspecified atom stereocenters. The Morgan fingerprint density at radius 2 is 1.34 bits per heavy atom. The van der Waals surface area contributed by atoms with Gasteiger partial charge in [-0.15, -0.1) is 0 Å². The predicted octanol–water partition coefficient (Wildman–Crippen LogP) is 6.44. The topological polar surface area (TPSA) is 54.0 Å². The van der Waals surface area contributed by atoms with Gasteiger partial charge in [0.1, 0.15) is 30.8 Å². The first-order valence-corrected chi connectivity index (χ1v) is 11.9. The lowest BCUT2D eigenvalue weighted by Gasteiger charge is -2.14. The minimum Gasteiger partial charge on any atom is -0.494 e. The number of benzene rings is 2. The van der Waals surface area contributed by atoms with Crippen LogP contribution in [0.3, 0.4) is 0 Å². The second kappa shape index (κ2) is 15.3. The highest BCUT2D eigenvalue weighted by atomic mass is 16.6. The van der Waals surface area contributed by atoms with Crippen LogP contribution in [0, 0.1) is 0 Å². The van der Waals surface area contributed by atoms with E-state index in [1.54, 1.807) is 6.92 Å². The van der Waals surface area contributed by atoms with Crippen LogP contribution in [0.4, 0.5) is 0 Å². The van der Waals surface area contributed by atoms with Crippen LogP contribution in [0.25, 0.3) is 11.1 Å². The van der Waals surface area contributed by atoms with Crippen molar-refractivity contribution < 1.29 is 23.7 Å². The zero-order valence-electron chi connectivity index (χ0n) is 19.8. The maximum Gasteiger partial charge on any atom is 0.332 e. The molecule has 0 aliphatic heterocycles. The molecule has 176 valence electrons. The molecule has 2 aromatic carbocycles. The predicted molar refractivity (Wildman–Crippen MR) is 128 cm³/mol. The Bertz CT molecular complexity index is 755. The Balaban J connectivity index is 1.72. The van der Waals surface area contributed by atoms with E-state index in [0.717, 1.165) is 35.7 Å². The summed E-state index contributed by atoms with van der Waals surface area (Å²) in [6, 6.07) is 16.1. The normalized spacial score (nSPS) is 11.7. The average Bonchev–Trinajstić information content (AvgIpc) is 2.81. The van der Waals surface area contributed by atoms with Gasteiger partial charge in [-0.25, -0.2) is 4.79 Å². The van der Waals surface area contributed by atoms with Gasteiger partial charge in [-0.3, -0.25) is 0 Å². The highest BCUT2D eigenvalue weighted by molar-refractivity contribution is 5.70. The minimum atomic E-state index is -0.377. The number of esters is 1. The smallest absolute Gasteiger partial charge is 0.332 e. The first kappa shape index (κ1) is 25.7. The lowest BCUT2D eigenvalue weighted by Crippen LogP contribution is -2.24. The van der Waals surface area contributed by atoms with Crippen LogP contribution < -0.4 is 9.47 Å². The van der Waals surface area contributed by atoms with Gasteiger partial charge in [0.15, 0.2) is 0 Å². The van der Waals surface area contributed by atoms with Crippen molar-refractivity contribution in [1.29, 1.82) is 0 Å². The molecular weight excluding hydrogens is 404 g/mol. The van der Waals surface area contributed by atoms with Crippen LogP contribution in [0.5, 0.6) is 11.5 Å². The fraction of sp³-hybridized carbons (Fsp3) is 0.519. The summed E-state index contributed by atoms with van der Waals surface area (Å²) in [5.74, 6) is 1.27. The lowest BCUT2D eigenvalue weighted by molar-refractivity contribution is -0.154. The Kier molecular flexibility index (Phi) is 12.3. The van der Waals surface area contributed by atoms with Gasteiger partial charge < -0.3 is 18.9 Å². The van der Waals surface area contributed by atoms with Gasteiger partial charge in [0.25, 0.3) is 0 Å². The number of carbonyl (C=O) groups is 1. The summed E-state index contributed by atoms with van der Waals surface area (Å²) in [7, 11) is 0. The van der Waals surface area contributed by atoms with Crippen LogP contribution in [0.15, 0.2) is 48.5 Å². The Labute approximate surface area is 193 Å². The molecule has 2 rings (SSSR count). The van der Waals surface area contributed by atoms with E-state index in [-0.39, 0.29) is 18.7 Å². The molecule has 0 radical (unpaired) electrons. The second-order valence-corrected chi connectivity index (χ2v) is 7.91. The molecule has 0 aliphatic rings. The van der Waals surface area contributed by atoms with Gasteiger partial charge in [-0.2, -0.15) is 0 Å². The fourth-order valence-electron chi connectivity index (χ4n) is 3.25. The van der Waals surface area contributed by atoms with E-state index in [2.05, 4.69) is 19.1 Å². The maximum absolute atomic E-state index is 11.6. The number of carbonyl (C=O) groups excluding carboxylic acids is 1. The third-order valence-electron chi connectivity index (χ3n) is 5.05. The highest BCUT2D eigenvalue weighted by Crippen LogP contribution is 2.25. The molecule has 0 heterocycles. The summed E-state index contributed by atoms with van der Waals surface area (Å²) < 4.78 is 21.9. The van der Waals surface area contributed by atoms with E-state index in [9.17, 15) is 4.79 Å². The average molecular weight is 443 g/mol. The fourth-order valence-corrected chi connectivity index (χ4v) is 3.25. The summed E-state index contributed by atoms with van der Waals surface area (Å²) in [6.45, 7) is 7.40. The van der Waals surface area contributed by atoms with Crippen molar-refractivity contribution in [3.8, 4) is 22.6 Å². The van der Waals surface area contributed by atoms with Crippen molar-refractivity contribution in [2.24, 2.45) is 0 Å². The number of hydrogen-bond acceptors (Lipinski definition) is 5. The Morgan fingerprint density at radius 3 is 1.94 bits per heavy atom. The van der Waals surface area contributed by atoms with E-state index in [4.69, 9.17) is 18.9 Å². The monoisotopic (exact) mass is 442 g/mol. The van der Waals surface area contributed by atoms with Crippen LogP contribution in [-0.4, -0.2) is 38.5 Å². The molecule has 0 N–H and O–H groups in total. The van der Waals surface area contributed by atoms with Crippen molar-refractivity contribution in [2.75, 3.05) is 26.4 Å².